The molecule has 0 spiro atoms. The molecule has 1 aromatic carbocycles. The summed E-state index contributed by atoms with van der Waals surface area (Å²) >= 11 is 6.19. The molecule has 1 aromatic heterocycles. The molecule has 0 saturated carbocycles. The van der Waals surface area contributed by atoms with Crippen LogP contribution in [0.3, 0.4) is 0 Å². The summed E-state index contributed by atoms with van der Waals surface area (Å²) in [5.41, 5.74) is 2.98. The second-order valence-electron chi connectivity index (χ2n) is 8.37. The molecule has 7 nitrogen and oxygen atoms in total. The number of hydrogen-bond donors (Lipinski definition) is 1. The molecule has 2 amide bonds. The summed E-state index contributed by atoms with van der Waals surface area (Å²) in [5.74, 6) is -0.275. The van der Waals surface area contributed by atoms with Gasteiger partial charge in [-0.2, -0.15) is 5.26 Å². The maximum absolute atomic E-state index is 13.3. The van der Waals surface area contributed by atoms with Crippen LogP contribution in [0.4, 0.5) is 0 Å². The number of ether oxygens (including phenoxy) is 1. The molecule has 0 bridgehead atoms. The lowest BCUT2D eigenvalue weighted by Crippen LogP contribution is -2.35. The average molecular weight is 455 g/mol. The fourth-order valence-electron chi connectivity index (χ4n) is 4.58. The predicted octanol–water partition coefficient (Wildman–Crippen LogP) is 4.05. The highest BCUT2D eigenvalue weighted by molar-refractivity contribution is 6.31. The fraction of sp³-hybridized carbons (Fsp3) is 0.458. The minimum Gasteiger partial charge on any atom is -0.373 e. The van der Waals surface area contributed by atoms with Gasteiger partial charge in [0.25, 0.3) is 11.8 Å². The quantitative estimate of drug-likeness (QED) is 0.738. The largest absolute Gasteiger partial charge is 0.373 e. The molecule has 2 aliphatic rings. The number of nitrogens with one attached hydrogen (secondary N) is 1. The maximum Gasteiger partial charge on any atom is 0.270 e. The van der Waals surface area contributed by atoms with Crippen molar-refractivity contribution in [2.75, 3.05) is 13.2 Å². The number of hydrogen-bond acceptors (Lipinski definition) is 4. The van der Waals surface area contributed by atoms with Crippen molar-refractivity contribution in [3.05, 3.63) is 57.4 Å². The number of rotatable bonds is 5. The van der Waals surface area contributed by atoms with Gasteiger partial charge in [0.05, 0.1) is 41.1 Å². The molecule has 3 heterocycles. The Morgan fingerprint density at radius 3 is 2.81 bits per heavy atom. The monoisotopic (exact) mass is 454 g/mol. The second-order valence-corrected chi connectivity index (χ2v) is 8.78. The fourth-order valence-corrected chi connectivity index (χ4v) is 4.81. The third-order valence-corrected chi connectivity index (χ3v) is 6.73. The first-order valence-corrected chi connectivity index (χ1v) is 11.4. The molecule has 1 saturated heterocycles. The second kappa shape index (κ2) is 9.35. The third kappa shape index (κ3) is 4.13. The molecular weight excluding hydrogens is 428 g/mol. The summed E-state index contributed by atoms with van der Waals surface area (Å²) in [7, 11) is 0. The molecule has 8 heteroatoms. The lowest BCUT2D eigenvalue weighted by molar-refractivity contribution is 0.0683. The Morgan fingerprint density at radius 1 is 1.34 bits per heavy atom. The zero-order valence-corrected chi connectivity index (χ0v) is 19.1. The van der Waals surface area contributed by atoms with Crippen LogP contribution in [0.5, 0.6) is 0 Å². The zero-order valence-electron chi connectivity index (χ0n) is 18.4. The summed E-state index contributed by atoms with van der Waals surface area (Å²) in [6.45, 7) is 6.14. The van der Waals surface area contributed by atoms with Crippen LogP contribution >= 0.6 is 11.6 Å². The Hall–Kier alpha value is -2.82. The lowest BCUT2D eigenvalue weighted by atomic mass is 10.0. The Kier molecular flexibility index (Phi) is 6.54. The first kappa shape index (κ1) is 22.4. The number of nitrogens with zero attached hydrogens (tertiary/aromatic N) is 3. The first-order chi connectivity index (χ1) is 15.4. The molecule has 2 aromatic rings. The van der Waals surface area contributed by atoms with Crippen molar-refractivity contribution in [3.63, 3.8) is 0 Å². The van der Waals surface area contributed by atoms with Gasteiger partial charge in [0.1, 0.15) is 11.8 Å². The number of likely N-dealkylation sites (tertiary alicyclic amines) is 1. The Labute approximate surface area is 192 Å². The highest BCUT2D eigenvalue weighted by Crippen LogP contribution is 2.27. The minimum absolute atomic E-state index is 0.0249. The van der Waals surface area contributed by atoms with E-state index in [1.807, 2.05) is 22.5 Å². The number of aromatic nitrogens is 1. The molecule has 1 fully saturated rings. The zero-order chi connectivity index (χ0) is 22.8. The Balaban J connectivity index is 1.62. The van der Waals surface area contributed by atoms with Crippen LogP contribution in [0.25, 0.3) is 0 Å². The van der Waals surface area contributed by atoms with Gasteiger partial charge in [-0.3, -0.25) is 9.59 Å². The van der Waals surface area contributed by atoms with Gasteiger partial charge in [-0.25, -0.2) is 0 Å². The topological polar surface area (TPSA) is 87.4 Å². The summed E-state index contributed by atoms with van der Waals surface area (Å²) in [5, 5.41) is 12.5. The highest BCUT2D eigenvalue weighted by atomic mass is 35.5. The molecule has 2 atom stereocenters. The molecule has 32 heavy (non-hydrogen) atoms. The van der Waals surface area contributed by atoms with Gasteiger partial charge in [0.2, 0.25) is 0 Å². The number of fused-ring (bicyclic) bond motifs is 1. The van der Waals surface area contributed by atoms with Gasteiger partial charge in [-0.15, -0.1) is 0 Å². The lowest BCUT2D eigenvalue weighted by Gasteiger charge is -2.24. The summed E-state index contributed by atoms with van der Waals surface area (Å²) < 4.78 is 7.55. The van der Waals surface area contributed by atoms with Crippen molar-refractivity contribution in [1.29, 1.82) is 5.26 Å². The molecular formula is C24H27ClN4O3. The maximum atomic E-state index is 13.3. The van der Waals surface area contributed by atoms with E-state index in [9.17, 15) is 9.59 Å². The molecule has 2 unspecified atom stereocenters. The van der Waals surface area contributed by atoms with E-state index in [1.54, 1.807) is 24.3 Å². The van der Waals surface area contributed by atoms with Gasteiger partial charge < -0.3 is 19.5 Å². The van der Waals surface area contributed by atoms with E-state index in [1.165, 1.54) is 0 Å². The van der Waals surface area contributed by atoms with Gasteiger partial charge >= 0.3 is 0 Å². The van der Waals surface area contributed by atoms with Crippen molar-refractivity contribution in [3.8, 4) is 6.07 Å². The van der Waals surface area contributed by atoms with E-state index in [0.29, 0.717) is 48.0 Å². The number of amides is 2. The van der Waals surface area contributed by atoms with Crippen molar-refractivity contribution in [2.24, 2.45) is 0 Å². The smallest absolute Gasteiger partial charge is 0.270 e. The molecule has 4 rings (SSSR count). The third-order valence-electron chi connectivity index (χ3n) is 6.41. The van der Waals surface area contributed by atoms with E-state index in [2.05, 4.69) is 12.2 Å². The van der Waals surface area contributed by atoms with Gasteiger partial charge in [-0.1, -0.05) is 24.6 Å². The highest BCUT2D eigenvalue weighted by Gasteiger charge is 2.32. The van der Waals surface area contributed by atoms with E-state index < -0.39 is 0 Å². The van der Waals surface area contributed by atoms with Crippen LogP contribution in [0, 0.1) is 11.3 Å². The van der Waals surface area contributed by atoms with Crippen LogP contribution in [-0.2, 0) is 17.9 Å². The molecule has 1 N–H and O–H groups in total. The van der Waals surface area contributed by atoms with Crippen molar-refractivity contribution < 1.29 is 14.3 Å². The van der Waals surface area contributed by atoms with Crippen LogP contribution in [-0.4, -0.2) is 40.5 Å². The van der Waals surface area contributed by atoms with Crippen LogP contribution in [0.15, 0.2) is 24.3 Å². The van der Waals surface area contributed by atoms with Gasteiger partial charge in [-0.05, 0) is 49.9 Å². The summed E-state index contributed by atoms with van der Waals surface area (Å²) in [4.78, 5) is 28.4. The van der Waals surface area contributed by atoms with Gasteiger partial charge in [0, 0.05) is 19.1 Å². The number of halogens is 1. The van der Waals surface area contributed by atoms with Crippen LogP contribution in [0.1, 0.15) is 76.8 Å². The van der Waals surface area contributed by atoms with E-state index in [-0.39, 0.29) is 23.9 Å². The Morgan fingerprint density at radius 2 is 2.16 bits per heavy atom. The number of carbonyl (C=O) groups excluding carboxylic acids is 2. The summed E-state index contributed by atoms with van der Waals surface area (Å²) in [6, 6.07) is 8.88. The average Bonchev–Trinajstić information content (AvgIpc) is 3.40. The van der Waals surface area contributed by atoms with Crippen molar-refractivity contribution in [2.45, 2.75) is 58.3 Å². The minimum atomic E-state index is -0.273. The Bertz CT molecular complexity index is 1090. The molecule has 2 aliphatic heterocycles. The van der Waals surface area contributed by atoms with E-state index >= 15 is 0 Å². The molecule has 0 radical (unpaired) electrons. The standard InChI is InChI=1S/C24H27ClN4O3/c1-3-20(16-6-7-17(13-26)19(25)11-16)27-23(30)18-12-21(29-9-10-32-14-22(18)29)24(31)28-8-4-5-15(28)2/h6-7,11-12,15,20H,3-5,8-10,14H2,1-2H3,(H,27,30). The SMILES string of the molecule is CCC(NC(=O)c1cc(C(=O)N2CCCC2C)n2c1COCC2)c1ccc(C#N)c(Cl)c1. The van der Waals surface area contributed by atoms with E-state index in [0.717, 1.165) is 30.6 Å². The number of carbonyl (C=O) groups is 2. The number of benzene rings is 1. The molecule has 168 valence electrons. The van der Waals surface area contributed by atoms with Crippen LogP contribution < -0.4 is 5.32 Å². The predicted molar refractivity (Wildman–Crippen MR) is 120 cm³/mol. The van der Waals surface area contributed by atoms with Crippen molar-refractivity contribution in [1.82, 2.24) is 14.8 Å². The first-order valence-electron chi connectivity index (χ1n) is 11.1. The van der Waals surface area contributed by atoms with Gasteiger partial charge in [0.15, 0.2) is 0 Å². The number of nitriles is 1. The molecule has 0 aliphatic carbocycles. The summed E-state index contributed by atoms with van der Waals surface area (Å²) in [6.07, 6.45) is 2.65. The van der Waals surface area contributed by atoms with Crippen molar-refractivity contribution >= 4 is 23.4 Å². The van der Waals surface area contributed by atoms with E-state index in [4.69, 9.17) is 21.6 Å². The van der Waals surface area contributed by atoms with Crippen LogP contribution in [0.2, 0.25) is 5.02 Å². The normalized spacial score (nSPS) is 18.7.